The van der Waals surface area contributed by atoms with E-state index < -0.39 is 5.97 Å². The number of allylic oxidation sites excluding steroid dienone is 1. The van der Waals surface area contributed by atoms with E-state index in [-0.39, 0.29) is 0 Å². The number of carbonyl (C=O) groups excluding carboxylic acids is 1. The fourth-order valence-electron chi connectivity index (χ4n) is 2.11. The third-order valence-corrected chi connectivity index (χ3v) is 3.23. The van der Waals surface area contributed by atoms with Crippen molar-refractivity contribution < 1.29 is 9.90 Å². The molecular formula is C16H29O2-. The van der Waals surface area contributed by atoms with Crippen LogP contribution in [-0.4, -0.2) is 5.97 Å². The molecule has 18 heavy (non-hydrogen) atoms. The number of aliphatic carboxylic acids is 1. The van der Waals surface area contributed by atoms with Crippen molar-refractivity contribution in [2.24, 2.45) is 0 Å². The van der Waals surface area contributed by atoms with Crippen molar-refractivity contribution in [3.05, 3.63) is 12.2 Å². The first kappa shape index (κ1) is 17.2. The quantitative estimate of drug-likeness (QED) is 0.368. The Morgan fingerprint density at radius 3 is 1.72 bits per heavy atom. The van der Waals surface area contributed by atoms with Crippen LogP contribution in [-0.2, 0) is 4.79 Å². The van der Waals surface area contributed by atoms with Gasteiger partial charge in [-0.3, -0.25) is 0 Å². The van der Waals surface area contributed by atoms with Gasteiger partial charge in [-0.1, -0.05) is 77.2 Å². The summed E-state index contributed by atoms with van der Waals surface area (Å²) in [5.74, 6) is -1.09. The van der Waals surface area contributed by atoms with Crippen molar-refractivity contribution in [3.8, 4) is 0 Å². The predicted molar refractivity (Wildman–Crippen MR) is 75.2 cm³/mol. The van der Waals surface area contributed by atoms with Gasteiger partial charge in [0.15, 0.2) is 0 Å². The summed E-state index contributed by atoms with van der Waals surface area (Å²) in [6, 6.07) is 0. The molecule has 0 saturated carbocycles. The zero-order chi connectivity index (χ0) is 13.5. The van der Waals surface area contributed by atoms with Gasteiger partial charge in [0, 0.05) is 0 Å². The smallest absolute Gasteiger partial charge is 0.0639 e. The van der Waals surface area contributed by atoms with Gasteiger partial charge in [0.2, 0.25) is 0 Å². The Hall–Kier alpha value is -0.790. The summed E-state index contributed by atoms with van der Waals surface area (Å²) in [5.41, 5.74) is 0. The summed E-state index contributed by atoms with van der Waals surface area (Å²) in [6.45, 7) is 2.25. The van der Waals surface area contributed by atoms with Crippen LogP contribution in [0.1, 0.15) is 84.0 Å². The molecule has 0 aliphatic heterocycles. The van der Waals surface area contributed by atoms with E-state index in [0.717, 1.165) is 18.9 Å². The molecule has 0 fully saturated rings. The summed E-state index contributed by atoms with van der Waals surface area (Å²) in [5, 5.41) is 10.1. The SMILES string of the molecule is CCCCCCCCCCCCC/C=C/C(=O)[O-]. The van der Waals surface area contributed by atoms with Crippen molar-refractivity contribution in [2.75, 3.05) is 0 Å². The van der Waals surface area contributed by atoms with Crippen molar-refractivity contribution in [2.45, 2.75) is 84.0 Å². The summed E-state index contributed by atoms with van der Waals surface area (Å²) >= 11 is 0. The van der Waals surface area contributed by atoms with Crippen molar-refractivity contribution in [3.63, 3.8) is 0 Å². The van der Waals surface area contributed by atoms with Crippen LogP contribution in [0, 0.1) is 0 Å². The number of carboxylic acid groups (broad SMARTS) is 1. The van der Waals surface area contributed by atoms with Crippen LogP contribution >= 0.6 is 0 Å². The molecule has 0 unspecified atom stereocenters. The van der Waals surface area contributed by atoms with E-state index in [4.69, 9.17) is 0 Å². The molecule has 2 nitrogen and oxygen atoms in total. The minimum absolute atomic E-state index is 0.866. The second-order valence-electron chi connectivity index (χ2n) is 5.05. The first-order valence-corrected chi connectivity index (χ1v) is 7.65. The van der Waals surface area contributed by atoms with Crippen molar-refractivity contribution in [1.29, 1.82) is 0 Å². The van der Waals surface area contributed by atoms with Gasteiger partial charge in [0.25, 0.3) is 0 Å². The Balaban J connectivity index is 3.01. The molecule has 0 aromatic heterocycles. The summed E-state index contributed by atoms with van der Waals surface area (Å²) in [4.78, 5) is 10.1. The highest BCUT2D eigenvalue weighted by molar-refractivity contribution is 5.77. The lowest BCUT2D eigenvalue weighted by Gasteiger charge is -2.01. The predicted octanol–water partition coefficient (Wildman–Crippen LogP) is 3.99. The Morgan fingerprint density at radius 1 is 0.833 bits per heavy atom. The molecule has 0 spiro atoms. The number of rotatable bonds is 13. The van der Waals surface area contributed by atoms with Gasteiger partial charge in [-0.05, 0) is 18.9 Å². The van der Waals surface area contributed by atoms with Gasteiger partial charge in [-0.15, -0.1) is 0 Å². The second-order valence-corrected chi connectivity index (χ2v) is 5.05. The number of hydrogen-bond acceptors (Lipinski definition) is 2. The van der Waals surface area contributed by atoms with E-state index in [2.05, 4.69) is 6.92 Å². The molecule has 106 valence electrons. The van der Waals surface area contributed by atoms with Crippen molar-refractivity contribution in [1.82, 2.24) is 0 Å². The molecule has 2 heteroatoms. The molecule has 0 amide bonds. The van der Waals surface area contributed by atoms with Gasteiger partial charge in [0.05, 0.1) is 5.97 Å². The maximum Gasteiger partial charge on any atom is 0.0639 e. The van der Waals surface area contributed by atoms with Gasteiger partial charge >= 0.3 is 0 Å². The number of carbonyl (C=O) groups is 1. The minimum atomic E-state index is -1.09. The third-order valence-electron chi connectivity index (χ3n) is 3.23. The van der Waals surface area contributed by atoms with E-state index in [0.29, 0.717) is 0 Å². The van der Waals surface area contributed by atoms with Gasteiger partial charge in [0.1, 0.15) is 0 Å². The molecule has 0 aromatic rings. The van der Waals surface area contributed by atoms with E-state index in [9.17, 15) is 9.90 Å². The maximum atomic E-state index is 10.1. The molecule has 0 bridgehead atoms. The van der Waals surface area contributed by atoms with E-state index in [1.54, 1.807) is 6.08 Å². The molecule has 0 atom stereocenters. The molecule has 0 heterocycles. The van der Waals surface area contributed by atoms with Gasteiger partial charge < -0.3 is 9.90 Å². The highest BCUT2D eigenvalue weighted by Gasteiger charge is 1.92. The lowest BCUT2D eigenvalue weighted by molar-refractivity contribution is -0.297. The van der Waals surface area contributed by atoms with Crippen LogP contribution < -0.4 is 5.11 Å². The van der Waals surface area contributed by atoms with Gasteiger partial charge in [-0.25, -0.2) is 0 Å². The van der Waals surface area contributed by atoms with Crippen LogP contribution in [0.5, 0.6) is 0 Å². The average molecular weight is 253 g/mol. The molecule has 0 aromatic carbocycles. The lowest BCUT2D eigenvalue weighted by atomic mass is 10.1. The average Bonchev–Trinajstić information content (AvgIpc) is 2.34. The first-order chi connectivity index (χ1) is 8.77. The zero-order valence-corrected chi connectivity index (χ0v) is 12.0. The first-order valence-electron chi connectivity index (χ1n) is 7.65. The lowest BCUT2D eigenvalue weighted by Crippen LogP contribution is -2.18. The fraction of sp³-hybridized carbons (Fsp3) is 0.812. The third kappa shape index (κ3) is 15.2. The van der Waals surface area contributed by atoms with E-state index >= 15 is 0 Å². The number of unbranched alkanes of at least 4 members (excludes halogenated alkanes) is 11. The van der Waals surface area contributed by atoms with Crippen molar-refractivity contribution >= 4 is 5.97 Å². The van der Waals surface area contributed by atoms with Gasteiger partial charge in [-0.2, -0.15) is 0 Å². The van der Waals surface area contributed by atoms with Crippen LogP contribution in [0.3, 0.4) is 0 Å². The second kappa shape index (κ2) is 14.3. The zero-order valence-electron chi connectivity index (χ0n) is 12.0. The molecule has 0 rings (SSSR count). The standard InChI is InChI=1S/C16H30O2/c1-2-3-4-5-6-7-8-9-10-11-12-13-14-15-16(17)18/h14-15H,2-13H2,1H3,(H,17,18)/p-1/b15-14+. The molecule has 0 aliphatic rings. The van der Waals surface area contributed by atoms with Crippen LogP contribution in [0.4, 0.5) is 0 Å². The fourth-order valence-corrected chi connectivity index (χ4v) is 2.11. The Bertz CT molecular complexity index is 209. The summed E-state index contributed by atoms with van der Waals surface area (Å²) in [7, 11) is 0. The molecule has 0 saturated heterocycles. The summed E-state index contributed by atoms with van der Waals surface area (Å²) in [6.07, 6.45) is 18.3. The van der Waals surface area contributed by atoms with Crippen LogP contribution in [0.2, 0.25) is 0 Å². The summed E-state index contributed by atoms with van der Waals surface area (Å²) < 4.78 is 0. The largest absolute Gasteiger partial charge is 0.545 e. The normalized spacial score (nSPS) is 11.2. The number of carboxylic acids is 1. The maximum absolute atomic E-state index is 10.1. The van der Waals surface area contributed by atoms with Crippen LogP contribution in [0.15, 0.2) is 12.2 Å². The highest BCUT2D eigenvalue weighted by atomic mass is 16.4. The molecular weight excluding hydrogens is 224 g/mol. The Labute approximate surface area is 112 Å². The molecule has 0 aliphatic carbocycles. The topological polar surface area (TPSA) is 40.1 Å². The number of hydrogen-bond donors (Lipinski definition) is 0. The Morgan fingerprint density at radius 2 is 1.28 bits per heavy atom. The van der Waals surface area contributed by atoms with E-state index in [1.807, 2.05) is 0 Å². The monoisotopic (exact) mass is 253 g/mol. The molecule has 0 radical (unpaired) electrons. The highest BCUT2D eigenvalue weighted by Crippen LogP contribution is 2.11. The van der Waals surface area contributed by atoms with E-state index in [1.165, 1.54) is 64.2 Å². The van der Waals surface area contributed by atoms with Crippen LogP contribution in [0.25, 0.3) is 0 Å². The minimum Gasteiger partial charge on any atom is -0.545 e. The molecule has 0 N–H and O–H groups in total. The Kier molecular flexibility index (Phi) is 13.6.